The van der Waals surface area contributed by atoms with Crippen molar-refractivity contribution in [1.29, 1.82) is 0 Å². The van der Waals surface area contributed by atoms with Gasteiger partial charge >= 0.3 is 6.09 Å². The molecule has 0 bridgehead atoms. The Labute approximate surface area is 228 Å². The van der Waals surface area contributed by atoms with Crippen LogP contribution >= 0.6 is 11.5 Å². The summed E-state index contributed by atoms with van der Waals surface area (Å²) in [6.45, 7) is 6.46. The van der Waals surface area contributed by atoms with Crippen LogP contribution in [-0.4, -0.2) is 78.9 Å². The summed E-state index contributed by atoms with van der Waals surface area (Å²) < 4.78 is 9.32. The number of carbonyl (C=O) groups is 1. The second kappa shape index (κ2) is 12.3. The number of carbonyl (C=O) groups excluding carboxylic acids is 1. The molecule has 1 fully saturated rings. The maximum atomic E-state index is 12.2. The van der Waals surface area contributed by atoms with Crippen LogP contribution in [0.1, 0.15) is 11.1 Å². The fourth-order valence-corrected chi connectivity index (χ4v) is 5.33. The molecule has 1 amide bonds. The number of benzene rings is 3. The smallest absolute Gasteiger partial charge is 0.407 e. The van der Waals surface area contributed by atoms with E-state index in [4.69, 9.17) is 4.74 Å². The molecule has 0 spiro atoms. The van der Waals surface area contributed by atoms with Gasteiger partial charge in [0.1, 0.15) is 12.3 Å². The molecule has 9 heteroatoms. The van der Waals surface area contributed by atoms with Crippen molar-refractivity contribution in [3.05, 3.63) is 77.2 Å². The number of hydrogen-bond donors (Lipinski definition) is 1. The molecule has 0 aliphatic carbocycles. The minimum absolute atomic E-state index is 0.385. The summed E-state index contributed by atoms with van der Waals surface area (Å²) in [7, 11) is 4.19. The van der Waals surface area contributed by atoms with Crippen molar-refractivity contribution in [2.24, 2.45) is 0 Å². The average Bonchev–Trinajstić information content (AvgIpc) is 3.48. The van der Waals surface area contributed by atoms with Gasteiger partial charge in [-0.05, 0) is 34.1 Å². The van der Waals surface area contributed by atoms with Crippen LogP contribution in [0.4, 0.5) is 10.5 Å². The number of anilines is 1. The lowest BCUT2D eigenvalue weighted by Gasteiger charge is -2.34. The Morgan fingerprint density at radius 2 is 1.71 bits per heavy atom. The molecule has 0 saturated carbocycles. The first kappa shape index (κ1) is 26.1. The number of fused-ring (bicyclic) bond motifs is 1. The van der Waals surface area contributed by atoms with Crippen LogP contribution in [0.3, 0.4) is 0 Å². The van der Waals surface area contributed by atoms with Gasteiger partial charge in [-0.15, -0.1) is 5.10 Å². The van der Waals surface area contributed by atoms with Crippen molar-refractivity contribution in [3.8, 4) is 11.3 Å². The molecule has 0 atom stereocenters. The SMILES string of the molecule is CN(C)c1ccc(CN2CCN(CCOC(=O)NCc3ccc(-c4csnn4)cc3)CC2)c2ccccc12. The van der Waals surface area contributed by atoms with E-state index in [-0.39, 0.29) is 6.09 Å². The minimum atomic E-state index is -0.385. The highest BCUT2D eigenvalue weighted by molar-refractivity contribution is 7.03. The van der Waals surface area contributed by atoms with Gasteiger partial charge < -0.3 is 15.0 Å². The lowest BCUT2D eigenvalue weighted by Crippen LogP contribution is -2.47. The topological polar surface area (TPSA) is 73.8 Å². The summed E-state index contributed by atoms with van der Waals surface area (Å²) in [4.78, 5) is 19.2. The van der Waals surface area contributed by atoms with Gasteiger partial charge in [-0.3, -0.25) is 9.80 Å². The van der Waals surface area contributed by atoms with Gasteiger partial charge in [0, 0.05) is 81.9 Å². The third-order valence-corrected chi connectivity index (χ3v) is 7.52. The third kappa shape index (κ3) is 6.48. The number of rotatable bonds is 9. The second-order valence-electron chi connectivity index (χ2n) is 9.78. The summed E-state index contributed by atoms with van der Waals surface area (Å²) in [5.74, 6) is 0. The number of ether oxygens (including phenoxy) is 1. The van der Waals surface area contributed by atoms with Crippen molar-refractivity contribution in [3.63, 3.8) is 0 Å². The van der Waals surface area contributed by atoms with Crippen molar-refractivity contribution in [2.75, 3.05) is 58.3 Å². The van der Waals surface area contributed by atoms with Crippen molar-refractivity contribution in [1.82, 2.24) is 24.7 Å². The molecule has 1 N–H and O–H groups in total. The normalized spacial score (nSPS) is 14.5. The first-order valence-corrected chi connectivity index (χ1v) is 13.8. The van der Waals surface area contributed by atoms with Gasteiger partial charge in [0.15, 0.2) is 0 Å². The Morgan fingerprint density at radius 3 is 2.42 bits per heavy atom. The van der Waals surface area contributed by atoms with Gasteiger partial charge in [-0.2, -0.15) is 0 Å². The van der Waals surface area contributed by atoms with Crippen LogP contribution in [0.5, 0.6) is 0 Å². The predicted octanol–water partition coefficient (Wildman–Crippen LogP) is 4.47. The lowest BCUT2D eigenvalue weighted by molar-refractivity contribution is 0.0927. The van der Waals surface area contributed by atoms with Gasteiger partial charge in [0.05, 0.1) is 0 Å². The van der Waals surface area contributed by atoms with E-state index in [9.17, 15) is 4.79 Å². The highest BCUT2D eigenvalue weighted by atomic mass is 32.1. The molecule has 1 aliphatic heterocycles. The quantitative estimate of drug-likeness (QED) is 0.342. The highest BCUT2D eigenvalue weighted by Crippen LogP contribution is 2.29. The van der Waals surface area contributed by atoms with E-state index in [2.05, 4.69) is 80.1 Å². The fourth-order valence-electron chi connectivity index (χ4n) is 4.86. The number of aromatic nitrogens is 2. The van der Waals surface area contributed by atoms with E-state index in [1.54, 1.807) is 0 Å². The molecule has 198 valence electrons. The Kier molecular flexibility index (Phi) is 8.47. The molecule has 1 aliphatic rings. The van der Waals surface area contributed by atoms with Crippen molar-refractivity contribution < 1.29 is 9.53 Å². The van der Waals surface area contributed by atoms with E-state index in [1.807, 2.05) is 29.6 Å². The van der Waals surface area contributed by atoms with Crippen LogP contribution in [0.2, 0.25) is 0 Å². The number of amides is 1. The number of alkyl carbamates (subject to hydrolysis) is 1. The lowest BCUT2D eigenvalue weighted by atomic mass is 10.0. The van der Waals surface area contributed by atoms with Crippen LogP contribution in [0, 0.1) is 0 Å². The molecular weight excluding hydrogens is 496 g/mol. The van der Waals surface area contributed by atoms with Crippen molar-refractivity contribution in [2.45, 2.75) is 13.1 Å². The minimum Gasteiger partial charge on any atom is -0.448 e. The molecule has 1 aromatic heterocycles. The maximum absolute atomic E-state index is 12.2. The fraction of sp³-hybridized carbons (Fsp3) is 0.345. The summed E-state index contributed by atoms with van der Waals surface area (Å²) in [6.07, 6.45) is -0.385. The van der Waals surface area contributed by atoms with E-state index >= 15 is 0 Å². The Bertz CT molecular complexity index is 1340. The zero-order valence-electron chi connectivity index (χ0n) is 22.0. The van der Waals surface area contributed by atoms with Gasteiger partial charge in [-0.1, -0.05) is 59.1 Å². The molecule has 0 unspecified atom stereocenters. The standard InChI is InChI=1S/C29H34N6O2S/c1-33(2)28-12-11-24(25-5-3-4-6-26(25)28)20-35-15-13-34(14-16-35)17-18-37-29(36)30-19-22-7-9-23(10-8-22)27-21-38-32-31-27/h3-12,21H,13-20H2,1-2H3,(H,30,36). The Morgan fingerprint density at radius 1 is 0.974 bits per heavy atom. The number of nitrogens with one attached hydrogen (secondary N) is 1. The zero-order chi connectivity index (χ0) is 26.3. The zero-order valence-corrected chi connectivity index (χ0v) is 22.8. The monoisotopic (exact) mass is 530 g/mol. The number of hydrogen-bond acceptors (Lipinski definition) is 8. The predicted molar refractivity (Wildman–Crippen MR) is 154 cm³/mol. The first-order chi connectivity index (χ1) is 18.6. The van der Waals surface area contributed by atoms with Gasteiger partial charge in [-0.25, -0.2) is 4.79 Å². The molecule has 5 rings (SSSR count). The Balaban J connectivity index is 1.02. The van der Waals surface area contributed by atoms with Crippen LogP contribution in [-0.2, 0) is 17.8 Å². The largest absolute Gasteiger partial charge is 0.448 e. The molecule has 0 radical (unpaired) electrons. The van der Waals surface area contributed by atoms with E-state index in [1.165, 1.54) is 33.6 Å². The summed E-state index contributed by atoms with van der Waals surface area (Å²) in [6, 6.07) is 21.1. The second-order valence-corrected chi connectivity index (χ2v) is 10.4. The number of piperazine rings is 1. The molecular formula is C29H34N6O2S. The third-order valence-electron chi connectivity index (χ3n) is 7.02. The van der Waals surface area contributed by atoms with Crippen molar-refractivity contribution >= 4 is 34.1 Å². The molecule has 3 aromatic carbocycles. The highest BCUT2D eigenvalue weighted by Gasteiger charge is 2.18. The summed E-state index contributed by atoms with van der Waals surface area (Å²) >= 11 is 1.33. The molecule has 4 aromatic rings. The van der Waals surface area contributed by atoms with E-state index < -0.39 is 0 Å². The van der Waals surface area contributed by atoms with Crippen LogP contribution in [0.25, 0.3) is 22.0 Å². The first-order valence-electron chi connectivity index (χ1n) is 13.0. The van der Waals surface area contributed by atoms with Crippen LogP contribution < -0.4 is 10.2 Å². The summed E-state index contributed by atoms with van der Waals surface area (Å²) in [5, 5.41) is 11.4. The van der Waals surface area contributed by atoms with E-state index in [0.29, 0.717) is 13.2 Å². The molecule has 1 saturated heterocycles. The van der Waals surface area contributed by atoms with Gasteiger partial charge in [0.2, 0.25) is 0 Å². The van der Waals surface area contributed by atoms with Crippen LogP contribution in [0.15, 0.2) is 66.0 Å². The maximum Gasteiger partial charge on any atom is 0.407 e. The Hall–Kier alpha value is -3.53. The molecule has 2 heterocycles. The summed E-state index contributed by atoms with van der Waals surface area (Å²) in [5.41, 5.74) is 5.51. The number of nitrogens with zero attached hydrogens (tertiary/aromatic N) is 5. The molecule has 38 heavy (non-hydrogen) atoms. The van der Waals surface area contributed by atoms with Gasteiger partial charge in [0.25, 0.3) is 0 Å². The molecule has 8 nitrogen and oxygen atoms in total. The average molecular weight is 531 g/mol. The van der Waals surface area contributed by atoms with E-state index in [0.717, 1.165) is 56.1 Å².